The molecular formula is C24H22N4O3. The summed E-state index contributed by atoms with van der Waals surface area (Å²) in [7, 11) is 1.36. The fourth-order valence-corrected chi connectivity index (χ4v) is 3.36. The first-order chi connectivity index (χ1) is 15.0. The van der Waals surface area contributed by atoms with E-state index in [1.807, 2.05) is 49.4 Å². The normalized spacial score (nSPS) is 11.8. The molecule has 0 spiro atoms. The van der Waals surface area contributed by atoms with Gasteiger partial charge in [0.2, 0.25) is 5.95 Å². The number of anilines is 1. The Bertz CT molecular complexity index is 1270. The van der Waals surface area contributed by atoms with Crippen LogP contribution in [0.25, 0.3) is 11.0 Å². The first kappa shape index (κ1) is 20.3. The van der Waals surface area contributed by atoms with Gasteiger partial charge in [-0.3, -0.25) is 9.36 Å². The van der Waals surface area contributed by atoms with Crippen molar-refractivity contribution in [1.29, 1.82) is 0 Å². The van der Waals surface area contributed by atoms with Crippen molar-refractivity contribution in [3.63, 3.8) is 0 Å². The third-order valence-corrected chi connectivity index (χ3v) is 5.08. The van der Waals surface area contributed by atoms with Gasteiger partial charge in [0, 0.05) is 17.6 Å². The fraction of sp³-hybridized carbons (Fsp3) is 0.167. The van der Waals surface area contributed by atoms with Crippen LogP contribution in [-0.4, -0.2) is 27.6 Å². The van der Waals surface area contributed by atoms with Crippen LogP contribution in [-0.2, 0) is 11.3 Å². The molecule has 0 radical (unpaired) electrons. The van der Waals surface area contributed by atoms with E-state index in [1.165, 1.54) is 13.2 Å². The highest BCUT2D eigenvalue weighted by atomic mass is 16.5. The van der Waals surface area contributed by atoms with Crippen molar-refractivity contribution in [1.82, 2.24) is 14.5 Å². The van der Waals surface area contributed by atoms with Gasteiger partial charge in [-0.05, 0) is 36.2 Å². The van der Waals surface area contributed by atoms with Gasteiger partial charge in [0.15, 0.2) is 0 Å². The Morgan fingerprint density at radius 2 is 1.81 bits per heavy atom. The molecular weight excluding hydrogens is 392 g/mol. The summed E-state index contributed by atoms with van der Waals surface area (Å²) in [6.45, 7) is 2.40. The highest BCUT2D eigenvalue weighted by Gasteiger charge is 2.12. The van der Waals surface area contributed by atoms with Crippen molar-refractivity contribution < 1.29 is 9.53 Å². The van der Waals surface area contributed by atoms with Gasteiger partial charge >= 0.3 is 5.97 Å². The lowest BCUT2D eigenvalue weighted by molar-refractivity contribution is 0.0600. The van der Waals surface area contributed by atoms with Gasteiger partial charge in [-0.1, -0.05) is 42.5 Å². The summed E-state index contributed by atoms with van der Waals surface area (Å²) in [5.41, 5.74) is 2.93. The van der Waals surface area contributed by atoms with Gasteiger partial charge in [0.05, 0.1) is 25.3 Å². The predicted octanol–water partition coefficient (Wildman–Crippen LogP) is 3.80. The van der Waals surface area contributed by atoms with E-state index in [0.717, 1.165) is 16.5 Å². The van der Waals surface area contributed by atoms with Crippen LogP contribution < -0.4 is 10.9 Å². The third-order valence-electron chi connectivity index (χ3n) is 5.08. The summed E-state index contributed by atoms with van der Waals surface area (Å²) in [5.74, 6) is 0.0471. The number of benzene rings is 2. The largest absolute Gasteiger partial charge is 0.465 e. The minimum atomic E-state index is -0.374. The predicted molar refractivity (Wildman–Crippen MR) is 119 cm³/mol. The van der Waals surface area contributed by atoms with Gasteiger partial charge in [0.1, 0.15) is 5.65 Å². The summed E-state index contributed by atoms with van der Waals surface area (Å²) in [6, 6.07) is 20.1. The Morgan fingerprint density at radius 3 is 2.52 bits per heavy atom. The highest BCUT2D eigenvalue weighted by Crippen LogP contribution is 2.19. The minimum absolute atomic E-state index is 0.109. The molecule has 2 heterocycles. The number of esters is 1. The zero-order valence-electron chi connectivity index (χ0n) is 17.3. The first-order valence-electron chi connectivity index (χ1n) is 9.90. The van der Waals surface area contributed by atoms with Crippen molar-refractivity contribution in [2.24, 2.45) is 0 Å². The topological polar surface area (TPSA) is 86.1 Å². The summed E-state index contributed by atoms with van der Waals surface area (Å²) in [6.07, 6.45) is 1.71. The molecule has 0 aliphatic heterocycles. The van der Waals surface area contributed by atoms with Crippen molar-refractivity contribution in [2.45, 2.75) is 19.5 Å². The van der Waals surface area contributed by atoms with E-state index in [9.17, 15) is 9.59 Å². The van der Waals surface area contributed by atoms with Crippen LogP contribution in [0.4, 0.5) is 5.95 Å². The molecule has 2 aromatic heterocycles. The molecule has 4 rings (SSSR count). The second-order valence-electron chi connectivity index (χ2n) is 7.20. The lowest BCUT2D eigenvalue weighted by Gasteiger charge is -2.16. The molecule has 31 heavy (non-hydrogen) atoms. The second kappa shape index (κ2) is 8.79. The standard InChI is InChI=1S/C24H22N4O3/c1-16(18-8-10-19(11-9-18)23(30)31-2)26-24-25-14-20-12-13-21(29)28(22(20)27-24)15-17-6-4-3-5-7-17/h3-14,16H,15H2,1-2H3,(H,25,26,27)/t16-/m0/s1. The molecule has 4 aromatic rings. The van der Waals surface area contributed by atoms with Gasteiger partial charge < -0.3 is 10.1 Å². The number of rotatable bonds is 6. The van der Waals surface area contributed by atoms with Gasteiger partial charge in [-0.25, -0.2) is 9.78 Å². The number of methoxy groups -OCH3 is 1. The SMILES string of the molecule is COC(=O)c1ccc([C@H](C)Nc2ncc3ccc(=O)n(Cc4ccccc4)c3n2)cc1. The highest BCUT2D eigenvalue weighted by molar-refractivity contribution is 5.89. The molecule has 2 aromatic carbocycles. The number of carbonyl (C=O) groups excluding carboxylic acids is 1. The van der Waals surface area contributed by atoms with Crippen LogP contribution in [0, 0.1) is 0 Å². The Labute approximate surface area is 179 Å². The van der Waals surface area contributed by atoms with E-state index >= 15 is 0 Å². The summed E-state index contributed by atoms with van der Waals surface area (Å²) in [5, 5.41) is 4.06. The van der Waals surface area contributed by atoms with Gasteiger partial charge in [0.25, 0.3) is 5.56 Å². The maximum absolute atomic E-state index is 12.5. The molecule has 0 bridgehead atoms. The van der Waals surface area contributed by atoms with Gasteiger partial charge in [-0.2, -0.15) is 4.98 Å². The van der Waals surface area contributed by atoms with Crippen LogP contribution in [0.1, 0.15) is 34.5 Å². The van der Waals surface area contributed by atoms with Crippen molar-refractivity contribution in [3.8, 4) is 0 Å². The van der Waals surface area contributed by atoms with E-state index in [0.29, 0.717) is 23.7 Å². The average molecular weight is 414 g/mol. The number of aromatic nitrogens is 3. The van der Waals surface area contributed by atoms with Crippen LogP contribution in [0.15, 0.2) is 77.7 Å². The molecule has 0 fully saturated rings. The second-order valence-corrected chi connectivity index (χ2v) is 7.20. The van der Waals surface area contributed by atoms with Crippen LogP contribution in [0.3, 0.4) is 0 Å². The summed E-state index contributed by atoms with van der Waals surface area (Å²) in [4.78, 5) is 33.2. The van der Waals surface area contributed by atoms with Gasteiger partial charge in [-0.15, -0.1) is 0 Å². The number of nitrogens with one attached hydrogen (secondary N) is 1. The molecule has 0 amide bonds. The Balaban J connectivity index is 1.62. The van der Waals surface area contributed by atoms with E-state index < -0.39 is 0 Å². The molecule has 7 heteroatoms. The molecule has 0 saturated heterocycles. The molecule has 1 atom stereocenters. The van der Waals surface area contributed by atoms with Crippen LogP contribution in [0.2, 0.25) is 0 Å². The molecule has 1 N–H and O–H groups in total. The molecule has 0 saturated carbocycles. The number of carbonyl (C=O) groups is 1. The molecule has 7 nitrogen and oxygen atoms in total. The number of hydrogen-bond acceptors (Lipinski definition) is 6. The third kappa shape index (κ3) is 4.45. The minimum Gasteiger partial charge on any atom is -0.465 e. The monoisotopic (exact) mass is 414 g/mol. The number of nitrogens with zero attached hydrogens (tertiary/aromatic N) is 3. The first-order valence-corrected chi connectivity index (χ1v) is 9.90. The molecule has 0 aliphatic carbocycles. The van der Waals surface area contributed by atoms with Crippen molar-refractivity contribution in [3.05, 3.63) is 100.0 Å². The quantitative estimate of drug-likeness (QED) is 0.483. The number of hydrogen-bond donors (Lipinski definition) is 1. The van der Waals surface area contributed by atoms with Crippen LogP contribution in [0.5, 0.6) is 0 Å². The zero-order valence-corrected chi connectivity index (χ0v) is 17.3. The van der Waals surface area contributed by atoms with E-state index in [2.05, 4.69) is 15.3 Å². The Morgan fingerprint density at radius 1 is 1.06 bits per heavy atom. The van der Waals surface area contributed by atoms with E-state index in [-0.39, 0.29) is 17.6 Å². The zero-order chi connectivity index (χ0) is 21.8. The van der Waals surface area contributed by atoms with Crippen molar-refractivity contribution in [2.75, 3.05) is 12.4 Å². The maximum Gasteiger partial charge on any atom is 0.337 e. The number of ether oxygens (including phenoxy) is 1. The molecule has 0 unspecified atom stereocenters. The Kier molecular flexibility index (Phi) is 5.75. The summed E-state index contributed by atoms with van der Waals surface area (Å²) < 4.78 is 6.38. The summed E-state index contributed by atoms with van der Waals surface area (Å²) >= 11 is 0. The lowest BCUT2D eigenvalue weighted by atomic mass is 10.1. The molecule has 0 aliphatic rings. The maximum atomic E-state index is 12.5. The molecule has 156 valence electrons. The fourth-order valence-electron chi connectivity index (χ4n) is 3.36. The Hall–Kier alpha value is -4.00. The van der Waals surface area contributed by atoms with E-state index in [1.54, 1.807) is 29.0 Å². The lowest BCUT2D eigenvalue weighted by Crippen LogP contribution is -2.21. The number of pyridine rings is 1. The average Bonchev–Trinajstić information content (AvgIpc) is 2.81. The van der Waals surface area contributed by atoms with Crippen LogP contribution >= 0.6 is 0 Å². The van der Waals surface area contributed by atoms with E-state index in [4.69, 9.17) is 4.74 Å². The number of fused-ring (bicyclic) bond motifs is 1. The van der Waals surface area contributed by atoms with Crippen molar-refractivity contribution >= 4 is 23.0 Å². The smallest absolute Gasteiger partial charge is 0.337 e.